The van der Waals surface area contributed by atoms with E-state index in [-0.39, 0.29) is 29.5 Å². The number of amides is 1. The van der Waals surface area contributed by atoms with Crippen LogP contribution in [0.4, 0.5) is 0 Å². The van der Waals surface area contributed by atoms with Gasteiger partial charge >= 0.3 is 0 Å². The van der Waals surface area contributed by atoms with E-state index < -0.39 is 9.84 Å². The molecule has 2 aliphatic rings. The first-order valence-corrected chi connectivity index (χ1v) is 6.53. The Morgan fingerprint density at radius 2 is 2.14 bits per heavy atom. The van der Waals surface area contributed by atoms with Crippen LogP contribution in [0.2, 0.25) is 0 Å². The Hall–Kier alpha value is -0.620. The third-order valence-corrected chi connectivity index (χ3v) is 4.60. The average Bonchev–Trinajstić information content (AvgIpc) is 2.36. The van der Waals surface area contributed by atoms with Gasteiger partial charge in [-0.3, -0.25) is 4.79 Å². The molecule has 0 aliphatic carbocycles. The summed E-state index contributed by atoms with van der Waals surface area (Å²) in [6.45, 7) is 2.80. The number of fused-ring (bicyclic) bond motifs is 1. The first-order chi connectivity index (χ1) is 6.49. The van der Waals surface area contributed by atoms with Gasteiger partial charge in [0.15, 0.2) is 9.84 Å². The zero-order valence-electron chi connectivity index (χ0n) is 8.06. The minimum absolute atomic E-state index is 0.0291. The molecule has 6 heteroatoms. The van der Waals surface area contributed by atoms with Crippen molar-refractivity contribution in [3.8, 4) is 0 Å². The quantitative estimate of drug-likeness (QED) is 0.543. The molecule has 0 aromatic rings. The van der Waals surface area contributed by atoms with Gasteiger partial charge in [-0.05, 0) is 0 Å². The molecule has 2 rings (SSSR count). The van der Waals surface area contributed by atoms with Gasteiger partial charge in [-0.2, -0.15) is 0 Å². The summed E-state index contributed by atoms with van der Waals surface area (Å²) in [5.41, 5.74) is 0. The topological polar surface area (TPSA) is 66.5 Å². The molecule has 2 saturated heterocycles. The fourth-order valence-corrected chi connectivity index (χ4v) is 4.21. The summed E-state index contributed by atoms with van der Waals surface area (Å²) < 4.78 is 22.8. The van der Waals surface area contributed by atoms with E-state index in [0.717, 1.165) is 0 Å². The largest absolute Gasteiger partial charge is 0.336 e. The van der Waals surface area contributed by atoms with Gasteiger partial charge in [0, 0.05) is 26.1 Å². The summed E-state index contributed by atoms with van der Waals surface area (Å²) in [6, 6.07) is -0.205. The number of nitrogens with one attached hydrogen (secondary N) is 1. The predicted molar refractivity (Wildman–Crippen MR) is 51.6 cm³/mol. The summed E-state index contributed by atoms with van der Waals surface area (Å²) in [4.78, 5) is 12.9. The highest BCUT2D eigenvalue weighted by molar-refractivity contribution is 7.91. The first kappa shape index (κ1) is 9.92. The third-order valence-electron chi connectivity index (χ3n) is 2.89. The maximum absolute atomic E-state index is 11.4. The van der Waals surface area contributed by atoms with E-state index in [1.807, 2.05) is 0 Å². The number of sulfone groups is 1. The second-order valence-corrected chi connectivity index (χ2v) is 6.07. The molecule has 0 aromatic carbocycles. The highest BCUT2D eigenvalue weighted by atomic mass is 32.2. The minimum atomic E-state index is -2.95. The molecule has 2 atom stereocenters. The fraction of sp³-hybridized carbons (Fsp3) is 0.875. The van der Waals surface area contributed by atoms with Crippen LogP contribution < -0.4 is 5.32 Å². The number of hydrogen-bond donors (Lipinski definition) is 1. The Labute approximate surface area is 83.4 Å². The van der Waals surface area contributed by atoms with Crippen LogP contribution in [-0.4, -0.2) is 55.9 Å². The molecule has 1 amide bonds. The van der Waals surface area contributed by atoms with Gasteiger partial charge < -0.3 is 10.2 Å². The van der Waals surface area contributed by atoms with E-state index in [0.29, 0.717) is 13.1 Å². The van der Waals surface area contributed by atoms with Crippen molar-refractivity contribution in [1.82, 2.24) is 10.2 Å². The SMILES string of the molecule is CC(=O)N1CCNC2CS(=O)(=O)CC21. The van der Waals surface area contributed by atoms with E-state index >= 15 is 0 Å². The smallest absolute Gasteiger partial charge is 0.219 e. The van der Waals surface area contributed by atoms with Gasteiger partial charge in [-0.25, -0.2) is 8.42 Å². The lowest BCUT2D eigenvalue weighted by Gasteiger charge is -2.36. The molecule has 0 spiro atoms. The van der Waals surface area contributed by atoms with Crippen LogP contribution in [0.15, 0.2) is 0 Å². The highest BCUT2D eigenvalue weighted by Crippen LogP contribution is 2.21. The summed E-state index contributed by atoms with van der Waals surface area (Å²) in [5, 5.41) is 3.15. The molecule has 2 aliphatic heterocycles. The lowest BCUT2D eigenvalue weighted by Crippen LogP contribution is -2.58. The molecular weight excluding hydrogens is 204 g/mol. The molecule has 80 valence electrons. The van der Waals surface area contributed by atoms with Crippen LogP contribution in [0.25, 0.3) is 0 Å². The van der Waals surface area contributed by atoms with Gasteiger partial charge in [0.05, 0.1) is 17.5 Å². The Balaban J connectivity index is 2.22. The predicted octanol–water partition coefficient (Wildman–Crippen LogP) is -1.40. The van der Waals surface area contributed by atoms with Gasteiger partial charge in [-0.1, -0.05) is 0 Å². The number of hydrogen-bond acceptors (Lipinski definition) is 4. The van der Waals surface area contributed by atoms with E-state index in [1.165, 1.54) is 6.92 Å². The normalized spacial score (nSPS) is 35.4. The highest BCUT2D eigenvalue weighted by Gasteiger charge is 2.43. The molecule has 2 heterocycles. The lowest BCUT2D eigenvalue weighted by molar-refractivity contribution is -0.132. The molecule has 2 fully saturated rings. The van der Waals surface area contributed by atoms with Gasteiger partial charge in [0.2, 0.25) is 5.91 Å². The van der Waals surface area contributed by atoms with Crippen molar-refractivity contribution >= 4 is 15.7 Å². The number of rotatable bonds is 0. The lowest BCUT2D eigenvalue weighted by atomic mass is 10.1. The minimum Gasteiger partial charge on any atom is -0.336 e. The van der Waals surface area contributed by atoms with Crippen molar-refractivity contribution in [1.29, 1.82) is 0 Å². The van der Waals surface area contributed by atoms with Gasteiger partial charge in [0.1, 0.15) is 0 Å². The Morgan fingerprint density at radius 1 is 1.43 bits per heavy atom. The zero-order chi connectivity index (χ0) is 10.3. The van der Waals surface area contributed by atoms with Crippen molar-refractivity contribution < 1.29 is 13.2 Å². The summed E-state index contributed by atoms with van der Waals surface area (Å²) >= 11 is 0. The van der Waals surface area contributed by atoms with Crippen molar-refractivity contribution in [2.75, 3.05) is 24.6 Å². The van der Waals surface area contributed by atoms with Crippen LogP contribution in [0.5, 0.6) is 0 Å². The van der Waals surface area contributed by atoms with Crippen LogP contribution in [-0.2, 0) is 14.6 Å². The van der Waals surface area contributed by atoms with Crippen LogP contribution in [0, 0.1) is 0 Å². The fourth-order valence-electron chi connectivity index (χ4n) is 2.26. The number of piperazine rings is 1. The van der Waals surface area contributed by atoms with E-state index in [2.05, 4.69) is 5.32 Å². The molecular formula is C8H14N2O3S. The third kappa shape index (κ3) is 1.64. The Bertz CT molecular complexity index is 352. The second kappa shape index (κ2) is 3.20. The van der Waals surface area contributed by atoms with Crippen molar-refractivity contribution in [2.24, 2.45) is 0 Å². The number of carbonyl (C=O) groups is 1. The number of nitrogens with zero attached hydrogens (tertiary/aromatic N) is 1. The van der Waals surface area contributed by atoms with Crippen molar-refractivity contribution in [3.63, 3.8) is 0 Å². The molecule has 0 bridgehead atoms. The molecule has 2 unspecified atom stereocenters. The second-order valence-electron chi connectivity index (χ2n) is 3.92. The van der Waals surface area contributed by atoms with Crippen molar-refractivity contribution in [2.45, 2.75) is 19.0 Å². The molecule has 0 aromatic heterocycles. The molecule has 0 radical (unpaired) electrons. The van der Waals surface area contributed by atoms with E-state index in [1.54, 1.807) is 4.90 Å². The van der Waals surface area contributed by atoms with E-state index in [4.69, 9.17) is 0 Å². The van der Waals surface area contributed by atoms with Crippen LogP contribution >= 0.6 is 0 Å². The Kier molecular flexibility index (Phi) is 2.27. The van der Waals surface area contributed by atoms with E-state index in [9.17, 15) is 13.2 Å². The number of carbonyl (C=O) groups excluding carboxylic acids is 1. The van der Waals surface area contributed by atoms with Crippen LogP contribution in [0.3, 0.4) is 0 Å². The zero-order valence-corrected chi connectivity index (χ0v) is 8.88. The summed E-state index contributed by atoms with van der Waals surface area (Å²) in [6.07, 6.45) is 0. The summed E-state index contributed by atoms with van der Waals surface area (Å²) in [5.74, 6) is 0.254. The van der Waals surface area contributed by atoms with Gasteiger partial charge in [0.25, 0.3) is 0 Å². The average molecular weight is 218 g/mol. The maximum Gasteiger partial charge on any atom is 0.219 e. The molecule has 14 heavy (non-hydrogen) atoms. The van der Waals surface area contributed by atoms with Crippen molar-refractivity contribution in [3.05, 3.63) is 0 Å². The Morgan fingerprint density at radius 3 is 2.79 bits per heavy atom. The van der Waals surface area contributed by atoms with Gasteiger partial charge in [-0.15, -0.1) is 0 Å². The monoisotopic (exact) mass is 218 g/mol. The molecule has 1 N–H and O–H groups in total. The standard InChI is InChI=1S/C8H14N2O3S/c1-6(11)10-3-2-9-7-4-14(12,13)5-8(7)10/h7-9H,2-5H2,1H3. The molecule has 0 saturated carbocycles. The van der Waals surface area contributed by atoms with Crippen LogP contribution in [0.1, 0.15) is 6.92 Å². The summed E-state index contributed by atoms with van der Waals surface area (Å²) in [7, 11) is -2.95. The molecule has 5 nitrogen and oxygen atoms in total. The first-order valence-electron chi connectivity index (χ1n) is 4.70. The maximum atomic E-state index is 11.4.